The second-order valence-electron chi connectivity index (χ2n) is 7.52. The minimum Gasteiger partial charge on any atom is -0.380 e. The van der Waals surface area contributed by atoms with Crippen LogP contribution in [0.3, 0.4) is 0 Å². The number of hydrogen-bond acceptors (Lipinski definition) is 4. The molecule has 0 unspecified atom stereocenters. The monoisotopic (exact) mass is 420 g/mol. The van der Waals surface area contributed by atoms with Gasteiger partial charge in [0.05, 0.1) is 11.3 Å². The van der Waals surface area contributed by atoms with Gasteiger partial charge in [0.2, 0.25) is 15.9 Å². The molecule has 156 valence electrons. The lowest BCUT2D eigenvalue weighted by Crippen LogP contribution is -2.53. The highest BCUT2D eigenvalue weighted by atomic mass is 32.2. The first-order chi connectivity index (χ1) is 12.9. The van der Waals surface area contributed by atoms with Crippen LogP contribution in [-0.2, 0) is 27.7 Å². The fourth-order valence-corrected chi connectivity index (χ4v) is 5.02. The minimum atomic E-state index is -4.92. The smallest absolute Gasteiger partial charge is 0.380 e. The Morgan fingerprint density at radius 1 is 1.11 bits per heavy atom. The summed E-state index contributed by atoms with van der Waals surface area (Å²) in [6.45, 7) is 0.520. The molecule has 1 N–H and O–H groups in total. The number of hydrogen-bond donors (Lipinski definition) is 1. The first-order valence-corrected chi connectivity index (χ1v) is 10.5. The molecule has 0 spiro atoms. The quantitative estimate of drug-likeness (QED) is 0.805. The third kappa shape index (κ3) is 4.04. The van der Waals surface area contributed by atoms with E-state index in [1.165, 1.54) is 4.31 Å². The van der Waals surface area contributed by atoms with E-state index in [0.29, 0.717) is 6.92 Å². The highest BCUT2D eigenvalue weighted by molar-refractivity contribution is 7.89. The Kier molecular flexibility index (Phi) is 5.50. The molecule has 0 radical (unpaired) electrons. The third-order valence-corrected chi connectivity index (χ3v) is 7.30. The van der Waals surface area contributed by atoms with E-state index in [-0.39, 0.29) is 31.1 Å². The second-order valence-corrected chi connectivity index (χ2v) is 9.46. The van der Waals surface area contributed by atoms with Crippen molar-refractivity contribution in [1.29, 1.82) is 0 Å². The van der Waals surface area contributed by atoms with E-state index in [2.05, 4.69) is 0 Å². The van der Waals surface area contributed by atoms with Crippen molar-refractivity contribution >= 4 is 15.9 Å². The van der Waals surface area contributed by atoms with Crippen molar-refractivity contribution in [3.8, 4) is 0 Å². The van der Waals surface area contributed by atoms with Crippen LogP contribution in [0.15, 0.2) is 23.1 Å². The second kappa shape index (κ2) is 7.31. The van der Waals surface area contributed by atoms with Crippen molar-refractivity contribution in [2.24, 2.45) is 0 Å². The van der Waals surface area contributed by atoms with E-state index in [1.54, 1.807) is 12.1 Å². The van der Waals surface area contributed by atoms with Gasteiger partial charge in [-0.3, -0.25) is 4.79 Å². The summed E-state index contributed by atoms with van der Waals surface area (Å²) in [6.07, 6.45) is -3.21. The van der Waals surface area contributed by atoms with Gasteiger partial charge in [-0.2, -0.15) is 17.5 Å². The SMILES string of the molecule is C[C@](O)(CC(=O)N1CCN(S(=O)(=O)c2ccc3c(c2)CCC3)CC1)C(F)(F)F. The van der Waals surface area contributed by atoms with E-state index in [9.17, 15) is 31.5 Å². The summed E-state index contributed by atoms with van der Waals surface area (Å²) in [6, 6.07) is 5.10. The topological polar surface area (TPSA) is 77.9 Å². The predicted octanol–water partition coefficient (Wildman–Crippen LogP) is 1.71. The number of nitrogens with zero attached hydrogens (tertiary/aromatic N) is 2. The first kappa shape index (κ1) is 21.1. The normalized spacial score (nSPS) is 20.7. The number of amides is 1. The summed E-state index contributed by atoms with van der Waals surface area (Å²) in [5, 5.41) is 9.48. The summed E-state index contributed by atoms with van der Waals surface area (Å²) in [5.41, 5.74) is -0.923. The number of aliphatic hydroxyl groups is 1. The summed E-state index contributed by atoms with van der Waals surface area (Å²) < 4.78 is 65.2. The van der Waals surface area contributed by atoms with Crippen LogP contribution in [0.5, 0.6) is 0 Å². The van der Waals surface area contributed by atoms with Crippen LogP contribution in [0, 0.1) is 0 Å². The molecule has 1 heterocycles. The minimum absolute atomic E-state index is 0.000676. The van der Waals surface area contributed by atoms with E-state index < -0.39 is 34.1 Å². The lowest BCUT2D eigenvalue weighted by molar-refractivity contribution is -0.254. The molecule has 0 bridgehead atoms. The number of sulfonamides is 1. The fraction of sp³-hybridized carbons (Fsp3) is 0.611. The maximum atomic E-state index is 12.9. The van der Waals surface area contributed by atoms with Crippen molar-refractivity contribution in [2.45, 2.75) is 49.3 Å². The van der Waals surface area contributed by atoms with Crippen molar-refractivity contribution in [3.05, 3.63) is 29.3 Å². The van der Waals surface area contributed by atoms with E-state index in [1.807, 2.05) is 6.07 Å². The molecule has 1 fully saturated rings. The molecule has 10 heteroatoms. The molecule has 1 aromatic rings. The molecule has 28 heavy (non-hydrogen) atoms. The number of fused-ring (bicyclic) bond motifs is 1. The third-order valence-electron chi connectivity index (χ3n) is 5.41. The van der Waals surface area contributed by atoms with Gasteiger partial charge in [0, 0.05) is 26.2 Å². The summed E-state index contributed by atoms with van der Waals surface area (Å²) in [7, 11) is -3.73. The highest BCUT2D eigenvalue weighted by Crippen LogP contribution is 2.33. The molecule has 1 atom stereocenters. The highest BCUT2D eigenvalue weighted by Gasteiger charge is 2.51. The van der Waals surface area contributed by atoms with Gasteiger partial charge < -0.3 is 10.0 Å². The number of carbonyl (C=O) groups excluding carboxylic acids is 1. The number of aryl methyl sites for hydroxylation is 2. The molecule has 1 saturated heterocycles. The number of carbonyl (C=O) groups is 1. The molecule has 1 aromatic carbocycles. The summed E-state index contributed by atoms with van der Waals surface area (Å²) >= 11 is 0. The molecule has 1 aliphatic heterocycles. The van der Waals surface area contributed by atoms with Crippen LogP contribution < -0.4 is 0 Å². The lowest BCUT2D eigenvalue weighted by atomic mass is 10.0. The maximum Gasteiger partial charge on any atom is 0.417 e. The van der Waals surface area contributed by atoms with Crippen LogP contribution in [0.4, 0.5) is 13.2 Å². The molecular formula is C18H23F3N2O4S. The molecule has 0 saturated carbocycles. The largest absolute Gasteiger partial charge is 0.417 e. The van der Waals surface area contributed by atoms with Gasteiger partial charge in [-0.25, -0.2) is 8.42 Å². The average Bonchev–Trinajstić information content (AvgIpc) is 3.08. The Balaban J connectivity index is 1.64. The number of rotatable bonds is 4. The molecular weight excluding hydrogens is 397 g/mol. The van der Waals surface area contributed by atoms with Crippen LogP contribution >= 0.6 is 0 Å². The lowest BCUT2D eigenvalue weighted by Gasteiger charge is -2.35. The van der Waals surface area contributed by atoms with Crippen molar-refractivity contribution in [1.82, 2.24) is 9.21 Å². The number of alkyl halides is 3. The first-order valence-electron chi connectivity index (χ1n) is 9.11. The molecule has 6 nitrogen and oxygen atoms in total. The Bertz CT molecular complexity index is 860. The molecule has 0 aromatic heterocycles. The predicted molar refractivity (Wildman–Crippen MR) is 95.1 cm³/mol. The van der Waals surface area contributed by atoms with Crippen molar-refractivity contribution in [3.63, 3.8) is 0 Å². The Morgan fingerprint density at radius 2 is 1.71 bits per heavy atom. The van der Waals surface area contributed by atoms with E-state index >= 15 is 0 Å². The van der Waals surface area contributed by atoms with Gasteiger partial charge in [-0.05, 0) is 49.4 Å². The van der Waals surface area contributed by atoms with Crippen molar-refractivity contribution in [2.75, 3.05) is 26.2 Å². The van der Waals surface area contributed by atoms with Crippen LogP contribution in [0.2, 0.25) is 0 Å². The zero-order valence-corrected chi connectivity index (χ0v) is 16.3. The van der Waals surface area contributed by atoms with Crippen LogP contribution in [-0.4, -0.2) is 66.6 Å². The van der Waals surface area contributed by atoms with Gasteiger partial charge in [0.1, 0.15) is 0 Å². The summed E-state index contributed by atoms with van der Waals surface area (Å²) in [5.74, 6) is -0.850. The Morgan fingerprint density at radius 3 is 2.32 bits per heavy atom. The van der Waals surface area contributed by atoms with E-state index in [0.717, 1.165) is 35.3 Å². The zero-order chi connectivity index (χ0) is 20.7. The number of halogens is 3. The molecule has 2 aliphatic rings. The fourth-order valence-electron chi connectivity index (χ4n) is 3.54. The van der Waals surface area contributed by atoms with Gasteiger partial charge in [-0.1, -0.05) is 6.07 Å². The van der Waals surface area contributed by atoms with Crippen LogP contribution in [0.25, 0.3) is 0 Å². The van der Waals surface area contributed by atoms with Crippen molar-refractivity contribution < 1.29 is 31.5 Å². The zero-order valence-electron chi connectivity index (χ0n) is 15.5. The standard InChI is InChI=1S/C18H23F3N2O4S/c1-17(25,18(19,20)21)12-16(24)22-7-9-23(10-8-22)28(26,27)15-6-5-13-3-2-4-14(13)11-15/h5-6,11,25H,2-4,7-10,12H2,1H3/t17-/m0/s1. The Hall–Kier alpha value is -1.65. The van der Waals surface area contributed by atoms with E-state index in [4.69, 9.17) is 0 Å². The van der Waals surface area contributed by atoms with Gasteiger partial charge in [0.25, 0.3) is 0 Å². The average molecular weight is 420 g/mol. The van der Waals surface area contributed by atoms with Gasteiger partial charge in [0.15, 0.2) is 5.60 Å². The molecule has 3 rings (SSSR count). The van der Waals surface area contributed by atoms with Gasteiger partial charge >= 0.3 is 6.18 Å². The van der Waals surface area contributed by atoms with Crippen LogP contribution in [0.1, 0.15) is 30.9 Å². The maximum absolute atomic E-state index is 12.9. The number of piperazine rings is 1. The molecule has 1 aliphatic carbocycles. The number of benzene rings is 1. The Labute approximate surface area is 162 Å². The van der Waals surface area contributed by atoms with Gasteiger partial charge in [-0.15, -0.1) is 0 Å². The summed E-state index contributed by atoms with van der Waals surface area (Å²) in [4.78, 5) is 13.5. The molecule has 1 amide bonds.